The number of aromatic hydroxyl groups is 1. The minimum absolute atomic E-state index is 0.0130. The fourth-order valence-corrected chi connectivity index (χ4v) is 4.83. The van der Waals surface area contributed by atoms with E-state index in [0.29, 0.717) is 17.9 Å². The zero-order valence-corrected chi connectivity index (χ0v) is 20.5. The predicted octanol–water partition coefficient (Wildman–Crippen LogP) is 2.52. The van der Waals surface area contributed by atoms with E-state index in [1.165, 1.54) is 17.0 Å². The molecule has 1 fully saturated rings. The lowest BCUT2D eigenvalue weighted by Crippen LogP contribution is -2.45. The van der Waals surface area contributed by atoms with Gasteiger partial charge >= 0.3 is 0 Å². The molecule has 0 bridgehead atoms. The number of nitrogens with one attached hydrogen (secondary N) is 1. The van der Waals surface area contributed by atoms with Crippen molar-refractivity contribution in [2.75, 3.05) is 23.8 Å². The quantitative estimate of drug-likeness (QED) is 0.363. The Kier molecular flexibility index (Phi) is 7.51. The van der Waals surface area contributed by atoms with E-state index in [1.807, 2.05) is 13.0 Å². The van der Waals surface area contributed by atoms with Crippen molar-refractivity contribution in [3.63, 3.8) is 0 Å². The van der Waals surface area contributed by atoms with Gasteiger partial charge in [-0.2, -0.15) is 4.37 Å². The summed E-state index contributed by atoms with van der Waals surface area (Å²) in [5, 5.41) is 12.7. The number of phenols is 1. The molecule has 0 radical (unpaired) electrons. The van der Waals surface area contributed by atoms with Gasteiger partial charge in [0.2, 0.25) is 5.91 Å². The van der Waals surface area contributed by atoms with Crippen molar-refractivity contribution in [3.05, 3.63) is 70.2 Å². The lowest BCUT2D eigenvalue weighted by Gasteiger charge is -2.31. The number of amides is 3. The van der Waals surface area contributed by atoms with E-state index in [0.717, 1.165) is 29.9 Å². The summed E-state index contributed by atoms with van der Waals surface area (Å²) in [5.41, 5.74) is 12.9. The highest BCUT2D eigenvalue weighted by molar-refractivity contribution is 7.09. The van der Waals surface area contributed by atoms with Crippen LogP contribution < -0.4 is 21.7 Å². The first-order valence-corrected chi connectivity index (χ1v) is 12.2. The van der Waals surface area contributed by atoms with Crippen LogP contribution >= 0.6 is 11.5 Å². The summed E-state index contributed by atoms with van der Waals surface area (Å²) < 4.78 is 9.58. The number of aryl methyl sites for hydroxylation is 1. The fraction of sp³-hybridized carbons (Fsp3) is 0.280. The van der Waals surface area contributed by atoms with Gasteiger partial charge in [0, 0.05) is 18.8 Å². The van der Waals surface area contributed by atoms with Crippen molar-refractivity contribution in [1.82, 2.24) is 9.69 Å². The molecule has 6 N–H and O–H groups in total. The molecule has 188 valence electrons. The third kappa shape index (κ3) is 5.31. The molecule has 1 aliphatic rings. The SMILES string of the molecule is Cc1cccc(N(C(=O)c2snc(C(N)=O)c2N)C(C(=O)NCC2CCCO2)c2ccc(O)cc2)c1. The van der Waals surface area contributed by atoms with Gasteiger partial charge in [0.15, 0.2) is 5.69 Å². The summed E-state index contributed by atoms with van der Waals surface area (Å²) >= 11 is 0.742. The van der Waals surface area contributed by atoms with Crippen LogP contribution in [-0.4, -0.2) is 46.5 Å². The standard InChI is InChI=1S/C25H27N5O5S/c1-14-4-2-5-16(12-14)30(25(34)22-19(26)20(23(27)32)29-36-22)21(15-7-9-17(31)10-8-15)24(33)28-13-18-6-3-11-35-18/h2,4-5,7-10,12,18,21,31H,3,6,11,13,26H2,1H3,(H2,27,32)(H,28,33). The lowest BCUT2D eigenvalue weighted by atomic mass is 10.0. The Bertz CT molecular complexity index is 1270. The molecule has 3 amide bonds. The molecule has 0 spiro atoms. The number of nitrogen functional groups attached to an aromatic ring is 1. The Labute approximate surface area is 212 Å². The summed E-state index contributed by atoms with van der Waals surface area (Å²) in [5.74, 6) is -1.89. The second-order valence-electron chi connectivity index (χ2n) is 8.53. The highest BCUT2D eigenvalue weighted by Gasteiger charge is 2.36. The number of aromatic nitrogens is 1. The number of carbonyl (C=O) groups is 3. The molecule has 0 aliphatic carbocycles. The van der Waals surface area contributed by atoms with Gasteiger partial charge < -0.3 is 26.6 Å². The highest BCUT2D eigenvalue weighted by Crippen LogP contribution is 2.34. The van der Waals surface area contributed by atoms with Gasteiger partial charge in [-0.15, -0.1) is 0 Å². The first-order valence-electron chi connectivity index (χ1n) is 11.4. The first-order chi connectivity index (χ1) is 17.3. The molecule has 3 aromatic rings. The van der Waals surface area contributed by atoms with Crippen LogP contribution in [0.25, 0.3) is 0 Å². The zero-order chi connectivity index (χ0) is 25.8. The third-order valence-corrected chi connectivity index (χ3v) is 6.75. The number of nitrogens with two attached hydrogens (primary N) is 2. The van der Waals surface area contributed by atoms with E-state index in [2.05, 4.69) is 9.69 Å². The number of hydrogen-bond donors (Lipinski definition) is 4. The second kappa shape index (κ2) is 10.8. The molecule has 2 unspecified atom stereocenters. The molecular formula is C25H27N5O5S. The average molecular weight is 510 g/mol. The monoisotopic (exact) mass is 509 g/mol. The maximum absolute atomic E-state index is 14.0. The minimum atomic E-state index is -1.13. The van der Waals surface area contributed by atoms with E-state index < -0.39 is 23.8 Å². The molecule has 2 atom stereocenters. The van der Waals surface area contributed by atoms with E-state index >= 15 is 0 Å². The highest BCUT2D eigenvalue weighted by atomic mass is 32.1. The molecule has 2 heterocycles. The third-order valence-electron chi connectivity index (χ3n) is 5.90. The second-order valence-corrected chi connectivity index (χ2v) is 9.30. The molecule has 0 saturated carbocycles. The molecule has 1 aromatic heterocycles. The van der Waals surface area contributed by atoms with Gasteiger partial charge in [0.25, 0.3) is 11.8 Å². The molecule has 2 aromatic carbocycles. The molecule has 1 saturated heterocycles. The number of hydrogen-bond acceptors (Lipinski definition) is 8. The Morgan fingerprint density at radius 3 is 2.61 bits per heavy atom. The average Bonchev–Trinajstić information content (AvgIpc) is 3.51. The van der Waals surface area contributed by atoms with Crippen LogP contribution in [0.2, 0.25) is 0 Å². The predicted molar refractivity (Wildman–Crippen MR) is 136 cm³/mol. The summed E-state index contributed by atoms with van der Waals surface area (Å²) in [6.07, 6.45) is 1.65. The van der Waals surface area contributed by atoms with Crippen LogP contribution in [-0.2, 0) is 9.53 Å². The molecule has 10 nitrogen and oxygen atoms in total. The molecule has 11 heteroatoms. The molecular weight excluding hydrogens is 482 g/mol. The van der Waals surface area contributed by atoms with Crippen LogP contribution in [0.5, 0.6) is 5.75 Å². The lowest BCUT2D eigenvalue weighted by molar-refractivity contribution is -0.123. The largest absolute Gasteiger partial charge is 0.508 e. The Morgan fingerprint density at radius 1 is 1.25 bits per heavy atom. The number of primary amides is 1. The van der Waals surface area contributed by atoms with Crippen LogP contribution in [0.1, 0.15) is 50.2 Å². The van der Waals surface area contributed by atoms with Crippen LogP contribution in [0.3, 0.4) is 0 Å². The molecule has 1 aliphatic heterocycles. The fourth-order valence-electron chi connectivity index (χ4n) is 4.09. The van der Waals surface area contributed by atoms with Crippen molar-refractivity contribution in [3.8, 4) is 5.75 Å². The van der Waals surface area contributed by atoms with Crippen molar-refractivity contribution in [1.29, 1.82) is 0 Å². The Hall–Kier alpha value is -3.96. The van der Waals surface area contributed by atoms with E-state index in [1.54, 1.807) is 30.3 Å². The van der Waals surface area contributed by atoms with Gasteiger partial charge in [-0.25, -0.2) is 0 Å². The van der Waals surface area contributed by atoms with Gasteiger partial charge in [-0.05, 0) is 66.7 Å². The number of carbonyl (C=O) groups excluding carboxylic acids is 3. The smallest absolute Gasteiger partial charge is 0.273 e. The molecule has 36 heavy (non-hydrogen) atoms. The summed E-state index contributed by atoms with van der Waals surface area (Å²) in [6.45, 7) is 2.80. The number of benzene rings is 2. The first kappa shape index (κ1) is 25.1. The summed E-state index contributed by atoms with van der Waals surface area (Å²) in [4.78, 5) is 40.7. The van der Waals surface area contributed by atoms with Crippen LogP contribution in [0.4, 0.5) is 11.4 Å². The minimum Gasteiger partial charge on any atom is -0.508 e. The van der Waals surface area contributed by atoms with E-state index in [-0.39, 0.29) is 34.7 Å². The Morgan fingerprint density at radius 2 is 2.00 bits per heavy atom. The molecule has 4 rings (SSSR count). The summed E-state index contributed by atoms with van der Waals surface area (Å²) in [7, 11) is 0. The number of ether oxygens (including phenoxy) is 1. The Balaban J connectivity index is 1.80. The van der Waals surface area contributed by atoms with Crippen LogP contribution in [0.15, 0.2) is 48.5 Å². The number of nitrogens with zero attached hydrogens (tertiary/aromatic N) is 2. The van der Waals surface area contributed by atoms with E-state index in [4.69, 9.17) is 16.2 Å². The van der Waals surface area contributed by atoms with Gasteiger partial charge in [0.1, 0.15) is 16.7 Å². The maximum Gasteiger partial charge on any atom is 0.273 e. The van der Waals surface area contributed by atoms with Gasteiger partial charge in [-0.1, -0.05) is 24.3 Å². The summed E-state index contributed by atoms with van der Waals surface area (Å²) in [6, 6.07) is 12.0. The zero-order valence-electron chi connectivity index (χ0n) is 19.6. The van der Waals surface area contributed by atoms with Crippen molar-refractivity contribution < 1.29 is 24.2 Å². The van der Waals surface area contributed by atoms with Crippen molar-refractivity contribution in [2.24, 2.45) is 5.73 Å². The van der Waals surface area contributed by atoms with Gasteiger partial charge in [0.05, 0.1) is 11.8 Å². The van der Waals surface area contributed by atoms with Crippen molar-refractivity contribution >= 4 is 40.6 Å². The van der Waals surface area contributed by atoms with Gasteiger partial charge in [-0.3, -0.25) is 19.3 Å². The number of phenolic OH excluding ortho intramolecular Hbond substituents is 1. The normalized spacial score (nSPS) is 15.9. The number of rotatable bonds is 8. The van der Waals surface area contributed by atoms with E-state index in [9.17, 15) is 19.5 Å². The van der Waals surface area contributed by atoms with Crippen molar-refractivity contribution in [2.45, 2.75) is 31.9 Å². The number of anilines is 2. The topological polar surface area (TPSA) is 161 Å². The maximum atomic E-state index is 14.0. The van der Waals surface area contributed by atoms with Crippen LogP contribution in [0, 0.1) is 6.92 Å².